The van der Waals surface area contributed by atoms with E-state index in [-0.39, 0.29) is 0 Å². The average molecular weight is 283 g/mol. The van der Waals surface area contributed by atoms with Crippen LogP contribution in [0.25, 0.3) is 0 Å². The Balaban J connectivity index is 2.05. The summed E-state index contributed by atoms with van der Waals surface area (Å²) in [4.78, 5) is 0. The third kappa shape index (κ3) is 2.80. The lowest BCUT2D eigenvalue weighted by atomic mass is 10.3. The zero-order valence-electron chi connectivity index (χ0n) is 8.48. The van der Waals surface area contributed by atoms with Crippen LogP contribution in [0.4, 0.5) is 11.7 Å². The first-order valence-electron chi connectivity index (χ1n) is 4.83. The molecule has 0 unspecified atom stereocenters. The van der Waals surface area contributed by atoms with Crippen molar-refractivity contribution in [3.05, 3.63) is 34.6 Å². The smallest absolute Gasteiger partial charge is 0.320 e. The van der Waals surface area contributed by atoms with Crippen molar-refractivity contribution in [3.63, 3.8) is 0 Å². The summed E-state index contributed by atoms with van der Waals surface area (Å²) < 4.78 is 6.35. The lowest BCUT2D eigenvalue weighted by molar-refractivity contribution is 0.510. The van der Waals surface area contributed by atoms with Gasteiger partial charge < -0.3 is 15.5 Å². The minimum absolute atomic E-state index is 0.380. The maximum Gasteiger partial charge on any atom is 0.320 e. The molecule has 0 saturated carbocycles. The first kappa shape index (κ1) is 11.1. The van der Waals surface area contributed by atoms with Gasteiger partial charge in [-0.3, -0.25) is 0 Å². The van der Waals surface area contributed by atoms with Crippen LogP contribution in [0, 0.1) is 0 Å². The summed E-state index contributed by atoms with van der Waals surface area (Å²) in [6.07, 6.45) is 0.592. The molecule has 1 heterocycles. The van der Waals surface area contributed by atoms with Gasteiger partial charge in [-0.05, 0) is 24.3 Å². The van der Waals surface area contributed by atoms with E-state index >= 15 is 0 Å². The Morgan fingerprint density at radius 3 is 2.69 bits per heavy atom. The van der Waals surface area contributed by atoms with Crippen molar-refractivity contribution >= 4 is 27.6 Å². The molecule has 0 radical (unpaired) electrons. The highest BCUT2D eigenvalue weighted by Crippen LogP contribution is 2.18. The number of hydrogen-bond acceptors (Lipinski definition) is 5. The maximum atomic E-state index is 5.39. The van der Waals surface area contributed by atoms with E-state index in [4.69, 9.17) is 10.2 Å². The molecule has 0 aliphatic rings. The highest BCUT2D eigenvalue weighted by atomic mass is 79.9. The Bertz CT molecular complexity index is 454. The molecule has 1 aromatic carbocycles. The van der Waals surface area contributed by atoms with Crippen LogP contribution < -0.4 is 11.1 Å². The number of hydrogen-bond donors (Lipinski definition) is 2. The summed E-state index contributed by atoms with van der Waals surface area (Å²) in [5.74, 6) is 0.544. The number of benzene rings is 1. The van der Waals surface area contributed by atoms with Gasteiger partial charge in [-0.1, -0.05) is 21.0 Å². The Labute approximate surface area is 101 Å². The molecule has 2 aromatic rings. The fourth-order valence-electron chi connectivity index (χ4n) is 1.19. The molecule has 0 amide bonds. The topological polar surface area (TPSA) is 77.0 Å². The summed E-state index contributed by atoms with van der Waals surface area (Å²) in [7, 11) is 0. The molecule has 0 atom stereocenters. The molecule has 16 heavy (non-hydrogen) atoms. The third-order valence-corrected chi connectivity index (χ3v) is 2.45. The predicted octanol–water partition coefficient (Wildman–Crippen LogP) is 2.08. The fraction of sp³-hybridized carbons (Fsp3) is 0.200. The van der Waals surface area contributed by atoms with Crippen LogP contribution in [0.2, 0.25) is 0 Å². The lowest BCUT2D eigenvalue weighted by Gasteiger charge is -2.00. The minimum atomic E-state index is 0.380. The fourth-order valence-corrected chi connectivity index (χ4v) is 1.45. The SMILES string of the molecule is NCCc1nnc(Nc2ccc(Br)cc2)o1. The number of halogens is 1. The Kier molecular flexibility index (Phi) is 3.53. The number of rotatable bonds is 4. The molecule has 0 aliphatic heterocycles. The highest BCUT2D eigenvalue weighted by Gasteiger charge is 2.04. The van der Waals surface area contributed by atoms with Crippen LogP contribution in [-0.4, -0.2) is 16.7 Å². The van der Waals surface area contributed by atoms with Gasteiger partial charge in [-0.25, -0.2) is 0 Å². The van der Waals surface area contributed by atoms with Crippen molar-refractivity contribution in [2.24, 2.45) is 5.73 Å². The quantitative estimate of drug-likeness (QED) is 0.898. The van der Waals surface area contributed by atoms with Gasteiger partial charge in [-0.15, -0.1) is 5.10 Å². The Morgan fingerprint density at radius 2 is 2.00 bits per heavy atom. The average Bonchev–Trinajstić information content (AvgIpc) is 2.70. The highest BCUT2D eigenvalue weighted by molar-refractivity contribution is 9.10. The normalized spacial score (nSPS) is 10.4. The summed E-state index contributed by atoms with van der Waals surface area (Å²) in [6.45, 7) is 0.500. The van der Waals surface area contributed by atoms with Crippen LogP contribution in [0.15, 0.2) is 33.2 Å². The molecule has 0 bridgehead atoms. The zero-order valence-corrected chi connectivity index (χ0v) is 10.1. The van der Waals surface area contributed by atoms with E-state index in [0.29, 0.717) is 24.9 Å². The maximum absolute atomic E-state index is 5.39. The van der Waals surface area contributed by atoms with E-state index in [1.165, 1.54) is 0 Å². The van der Waals surface area contributed by atoms with Crippen molar-refractivity contribution < 1.29 is 4.42 Å². The number of anilines is 2. The molecule has 3 N–H and O–H groups in total. The van der Waals surface area contributed by atoms with Gasteiger partial charge in [0, 0.05) is 23.1 Å². The van der Waals surface area contributed by atoms with Crippen LogP contribution in [0.3, 0.4) is 0 Å². The number of nitrogens with one attached hydrogen (secondary N) is 1. The van der Waals surface area contributed by atoms with Crippen molar-refractivity contribution in [1.82, 2.24) is 10.2 Å². The second-order valence-corrected chi connectivity index (χ2v) is 4.09. The molecular weight excluding hydrogens is 272 g/mol. The van der Waals surface area contributed by atoms with Gasteiger partial charge in [0.2, 0.25) is 5.89 Å². The van der Waals surface area contributed by atoms with E-state index in [1.54, 1.807) is 0 Å². The van der Waals surface area contributed by atoms with E-state index in [2.05, 4.69) is 31.4 Å². The number of nitrogens with two attached hydrogens (primary N) is 1. The van der Waals surface area contributed by atoms with Gasteiger partial charge in [0.05, 0.1) is 0 Å². The van der Waals surface area contributed by atoms with Crippen molar-refractivity contribution in [1.29, 1.82) is 0 Å². The van der Waals surface area contributed by atoms with Crippen molar-refractivity contribution in [3.8, 4) is 0 Å². The van der Waals surface area contributed by atoms with E-state index in [9.17, 15) is 0 Å². The van der Waals surface area contributed by atoms with Gasteiger partial charge in [0.1, 0.15) is 0 Å². The summed E-state index contributed by atoms with van der Waals surface area (Å²) in [6, 6.07) is 8.07. The number of aromatic nitrogens is 2. The Hall–Kier alpha value is -1.40. The first-order chi connectivity index (χ1) is 7.78. The molecule has 0 fully saturated rings. The lowest BCUT2D eigenvalue weighted by Crippen LogP contribution is -2.02. The van der Waals surface area contributed by atoms with Crippen molar-refractivity contribution in [2.45, 2.75) is 6.42 Å². The van der Waals surface area contributed by atoms with E-state index in [0.717, 1.165) is 10.2 Å². The molecular formula is C10H11BrN4O. The predicted molar refractivity (Wildman–Crippen MR) is 64.5 cm³/mol. The molecule has 84 valence electrons. The van der Waals surface area contributed by atoms with Crippen LogP contribution >= 0.6 is 15.9 Å². The molecule has 1 aromatic heterocycles. The minimum Gasteiger partial charge on any atom is -0.408 e. The zero-order chi connectivity index (χ0) is 11.4. The van der Waals surface area contributed by atoms with Crippen LogP contribution in [0.5, 0.6) is 0 Å². The first-order valence-corrected chi connectivity index (χ1v) is 5.62. The van der Waals surface area contributed by atoms with E-state index < -0.39 is 0 Å². The summed E-state index contributed by atoms with van der Waals surface area (Å²) in [5, 5.41) is 10.7. The monoisotopic (exact) mass is 282 g/mol. The van der Waals surface area contributed by atoms with Gasteiger partial charge >= 0.3 is 6.01 Å². The van der Waals surface area contributed by atoms with Crippen molar-refractivity contribution in [2.75, 3.05) is 11.9 Å². The van der Waals surface area contributed by atoms with Gasteiger partial charge in [-0.2, -0.15) is 0 Å². The summed E-state index contributed by atoms with van der Waals surface area (Å²) in [5.41, 5.74) is 6.28. The third-order valence-electron chi connectivity index (χ3n) is 1.92. The van der Waals surface area contributed by atoms with E-state index in [1.807, 2.05) is 24.3 Å². The Morgan fingerprint density at radius 1 is 1.25 bits per heavy atom. The largest absolute Gasteiger partial charge is 0.408 e. The summed E-state index contributed by atoms with van der Waals surface area (Å²) >= 11 is 3.36. The second-order valence-electron chi connectivity index (χ2n) is 3.17. The standard InChI is InChI=1S/C10H11BrN4O/c11-7-1-3-8(4-2-7)13-10-15-14-9(16-10)5-6-12/h1-4H,5-6,12H2,(H,13,15). The van der Waals surface area contributed by atoms with Gasteiger partial charge in [0.25, 0.3) is 0 Å². The molecule has 6 heteroatoms. The van der Waals surface area contributed by atoms with Gasteiger partial charge in [0.15, 0.2) is 0 Å². The molecule has 5 nitrogen and oxygen atoms in total. The second kappa shape index (κ2) is 5.09. The molecule has 0 aliphatic carbocycles. The molecule has 2 rings (SSSR count). The molecule has 0 spiro atoms. The van der Waals surface area contributed by atoms with Crippen LogP contribution in [0.1, 0.15) is 5.89 Å². The van der Waals surface area contributed by atoms with Crippen LogP contribution in [-0.2, 0) is 6.42 Å². The molecule has 0 saturated heterocycles. The number of nitrogens with zero attached hydrogens (tertiary/aromatic N) is 2.